The number of hydrogen-bond donors (Lipinski definition) is 2. The molecule has 1 aliphatic carbocycles. The van der Waals surface area contributed by atoms with E-state index < -0.39 is 18.0 Å². The number of nitrogens with two attached hydrogens (primary N) is 1. The van der Waals surface area contributed by atoms with Gasteiger partial charge in [-0.15, -0.1) is 0 Å². The van der Waals surface area contributed by atoms with E-state index in [0.29, 0.717) is 5.56 Å². The van der Waals surface area contributed by atoms with E-state index in [4.69, 9.17) is 5.73 Å². The van der Waals surface area contributed by atoms with Crippen LogP contribution in [0.3, 0.4) is 0 Å². The summed E-state index contributed by atoms with van der Waals surface area (Å²) in [4.78, 5) is 39.3. The Morgan fingerprint density at radius 2 is 1.85 bits per heavy atom. The molecule has 3 amide bonds. The van der Waals surface area contributed by atoms with Crippen LogP contribution in [0.25, 0.3) is 0 Å². The average Bonchev–Trinajstić information content (AvgIpc) is 3.24. The number of nitrogens with zero attached hydrogens (tertiary/aromatic N) is 2. The largest absolute Gasteiger partial charge is 0.368 e. The number of rotatable bonds is 6. The number of likely N-dealkylation sites (tertiary alicyclic amines) is 1. The average molecular weight is 371 g/mol. The van der Waals surface area contributed by atoms with Crippen molar-refractivity contribution in [2.45, 2.75) is 37.3 Å². The Hall–Kier alpha value is -2.41. The van der Waals surface area contributed by atoms with Gasteiger partial charge in [0, 0.05) is 37.4 Å². The lowest BCUT2D eigenvalue weighted by Crippen LogP contribution is -2.43. The van der Waals surface area contributed by atoms with Gasteiger partial charge in [0.2, 0.25) is 11.8 Å². The highest BCUT2D eigenvalue weighted by Crippen LogP contribution is 2.48. The maximum atomic E-state index is 12.5. The highest BCUT2D eigenvalue weighted by atomic mass is 16.2. The van der Waals surface area contributed by atoms with Crippen LogP contribution in [-0.2, 0) is 15.0 Å². The number of likely N-dealkylation sites (N-methyl/N-ethyl adjacent to an activating group) is 1. The van der Waals surface area contributed by atoms with Crippen LogP contribution >= 0.6 is 0 Å². The van der Waals surface area contributed by atoms with Crippen LogP contribution in [0.4, 0.5) is 0 Å². The van der Waals surface area contributed by atoms with E-state index in [9.17, 15) is 14.4 Å². The summed E-state index contributed by atoms with van der Waals surface area (Å²) in [5.74, 6) is -1.07. The SMILES string of the molecule is CC(=O)N1CC(NC(=O)c2ccc(C3(CN(C)C)CC3)cc2)[CH]C1C(N)=O. The number of carbonyl (C=O) groups excluding carboxylic acids is 3. The molecule has 1 saturated carbocycles. The summed E-state index contributed by atoms with van der Waals surface area (Å²) in [7, 11) is 4.15. The number of benzene rings is 1. The number of amides is 3. The summed E-state index contributed by atoms with van der Waals surface area (Å²) in [6, 6.07) is 6.54. The zero-order valence-corrected chi connectivity index (χ0v) is 16.1. The lowest BCUT2D eigenvalue weighted by atomic mass is 9.94. The Morgan fingerprint density at radius 3 is 2.30 bits per heavy atom. The molecule has 2 unspecified atom stereocenters. The minimum atomic E-state index is -0.782. The van der Waals surface area contributed by atoms with Gasteiger partial charge in [0.05, 0.1) is 6.04 Å². The molecule has 7 nitrogen and oxygen atoms in total. The second-order valence-corrected chi connectivity index (χ2v) is 7.89. The van der Waals surface area contributed by atoms with E-state index in [-0.39, 0.29) is 23.8 Å². The summed E-state index contributed by atoms with van der Waals surface area (Å²) in [5.41, 5.74) is 7.38. The third kappa shape index (κ3) is 4.13. The molecular weight excluding hydrogens is 344 g/mol. The van der Waals surface area contributed by atoms with Crippen LogP contribution in [0.15, 0.2) is 24.3 Å². The number of primary amides is 1. The van der Waals surface area contributed by atoms with Gasteiger partial charge in [-0.2, -0.15) is 0 Å². The van der Waals surface area contributed by atoms with Gasteiger partial charge in [-0.3, -0.25) is 14.4 Å². The van der Waals surface area contributed by atoms with Crippen molar-refractivity contribution >= 4 is 17.7 Å². The lowest BCUT2D eigenvalue weighted by Gasteiger charge is -2.21. The standard InChI is InChI=1S/C20H27N4O3/c1-13(25)24-11-16(10-17(24)18(21)26)22-19(27)14-4-6-15(7-5-14)20(8-9-20)12-23(2)3/h4-7,10,16-17H,8-9,11-12H2,1-3H3,(H2,21,26)(H,22,27). The fourth-order valence-electron chi connectivity index (χ4n) is 3.90. The maximum absolute atomic E-state index is 12.5. The quantitative estimate of drug-likeness (QED) is 0.752. The van der Waals surface area contributed by atoms with Crippen LogP contribution in [0.2, 0.25) is 0 Å². The number of nitrogens with one attached hydrogen (secondary N) is 1. The molecular formula is C20H27N4O3. The molecule has 2 aliphatic rings. The van der Waals surface area contributed by atoms with Crippen LogP contribution < -0.4 is 11.1 Å². The molecule has 1 aromatic rings. The monoisotopic (exact) mass is 371 g/mol. The molecule has 0 spiro atoms. The van der Waals surface area contributed by atoms with Crippen molar-refractivity contribution in [2.75, 3.05) is 27.2 Å². The zero-order valence-electron chi connectivity index (χ0n) is 16.1. The molecule has 3 N–H and O–H groups in total. The van der Waals surface area contributed by atoms with Gasteiger partial charge in [0.15, 0.2) is 0 Å². The van der Waals surface area contributed by atoms with Gasteiger partial charge < -0.3 is 20.9 Å². The molecule has 145 valence electrons. The molecule has 2 fully saturated rings. The van der Waals surface area contributed by atoms with Crippen LogP contribution in [0, 0.1) is 6.42 Å². The summed E-state index contributed by atoms with van der Waals surface area (Å²) < 4.78 is 0. The molecule has 1 aliphatic heterocycles. The minimum absolute atomic E-state index is 0.217. The first-order chi connectivity index (χ1) is 12.7. The van der Waals surface area contributed by atoms with Gasteiger partial charge in [0.1, 0.15) is 6.04 Å². The minimum Gasteiger partial charge on any atom is -0.368 e. The second kappa shape index (κ2) is 7.31. The predicted octanol–water partition coefficient (Wildman–Crippen LogP) is 0.298. The fraction of sp³-hybridized carbons (Fsp3) is 0.500. The fourth-order valence-corrected chi connectivity index (χ4v) is 3.90. The van der Waals surface area contributed by atoms with E-state index in [2.05, 4.69) is 24.3 Å². The molecule has 2 atom stereocenters. The molecule has 7 heteroatoms. The number of hydrogen-bond acceptors (Lipinski definition) is 4. The van der Waals surface area contributed by atoms with Crippen molar-refractivity contribution in [1.82, 2.24) is 15.1 Å². The second-order valence-electron chi connectivity index (χ2n) is 7.89. The Labute approximate surface area is 159 Å². The molecule has 27 heavy (non-hydrogen) atoms. The van der Waals surface area contributed by atoms with Crippen LogP contribution in [0.1, 0.15) is 35.7 Å². The van der Waals surface area contributed by atoms with Crippen molar-refractivity contribution in [3.8, 4) is 0 Å². The van der Waals surface area contributed by atoms with Crippen LogP contribution in [-0.4, -0.2) is 66.8 Å². The van der Waals surface area contributed by atoms with Gasteiger partial charge in [-0.1, -0.05) is 12.1 Å². The number of carbonyl (C=O) groups is 3. The maximum Gasteiger partial charge on any atom is 0.251 e. The molecule has 0 aromatic heterocycles. The molecule has 1 aromatic carbocycles. The third-order valence-electron chi connectivity index (χ3n) is 5.39. The van der Waals surface area contributed by atoms with Gasteiger partial charge in [-0.25, -0.2) is 0 Å². The predicted molar refractivity (Wildman–Crippen MR) is 102 cm³/mol. The zero-order chi connectivity index (χ0) is 19.8. The van der Waals surface area contributed by atoms with Gasteiger partial charge in [-0.05, 0) is 44.6 Å². The smallest absolute Gasteiger partial charge is 0.251 e. The van der Waals surface area contributed by atoms with Gasteiger partial charge in [0.25, 0.3) is 5.91 Å². The summed E-state index contributed by atoms with van der Waals surface area (Å²) in [6.45, 7) is 2.64. The van der Waals surface area contributed by atoms with Gasteiger partial charge >= 0.3 is 0 Å². The van der Waals surface area contributed by atoms with E-state index in [1.54, 1.807) is 6.42 Å². The Morgan fingerprint density at radius 1 is 1.22 bits per heavy atom. The highest BCUT2D eigenvalue weighted by molar-refractivity contribution is 5.95. The van der Waals surface area contributed by atoms with E-state index in [0.717, 1.165) is 6.54 Å². The summed E-state index contributed by atoms with van der Waals surface area (Å²) >= 11 is 0. The van der Waals surface area contributed by atoms with E-state index in [1.807, 2.05) is 24.3 Å². The van der Waals surface area contributed by atoms with E-state index in [1.165, 1.54) is 30.2 Å². The third-order valence-corrected chi connectivity index (χ3v) is 5.39. The Bertz CT molecular complexity index is 718. The Kier molecular flexibility index (Phi) is 5.24. The van der Waals surface area contributed by atoms with Crippen molar-refractivity contribution in [1.29, 1.82) is 0 Å². The normalized spacial score (nSPS) is 23.3. The first-order valence-electron chi connectivity index (χ1n) is 9.19. The van der Waals surface area contributed by atoms with Crippen molar-refractivity contribution in [2.24, 2.45) is 5.73 Å². The first-order valence-corrected chi connectivity index (χ1v) is 9.19. The van der Waals surface area contributed by atoms with Crippen molar-refractivity contribution in [3.63, 3.8) is 0 Å². The van der Waals surface area contributed by atoms with Crippen molar-refractivity contribution < 1.29 is 14.4 Å². The summed E-state index contributed by atoms with van der Waals surface area (Å²) in [6.07, 6.45) is 3.96. The first kappa shape index (κ1) is 19.4. The van der Waals surface area contributed by atoms with Crippen molar-refractivity contribution in [3.05, 3.63) is 41.8 Å². The Balaban J connectivity index is 1.64. The van der Waals surface area contributed by atoms with E-state index >= 15 is 0 Å². The van der Waals surface area contributed by atoms with Crippen LogP contribution in [0.5, 0.6) is 0 Å². The molecule has 0 bridgehead atoms. The lowest BCUT2D eigenvalue weighted by molar-refractivity contribution is -0.134. The molecule has 1 saturated heterocycles. The molecule has 1 radical (unpaired) electrons. The molecule has 3 rings (SSSR count). The topological polar surface area (TPSA) is 95.7 Å². The highest BCUT2D eigenvalue weighted by Gasteiger charge is 2.44. The summed E-state index contributed by atoms with van der Waals surface area (Å²) in [5, 5.41) is 2.87. The molecule has 1 heterocycles.